The molecule has 0 aromatic heterocycles. The first-order valence-electron chi connectivity index (χ1n) is 13.6. The maximum Gasteiger partial charge on any atom is 0.231 e. The third-order valence-electron chi connectivity index (χ3n) is 8.97. The molecule has 0 amide bonds. The van der Waals surface area contributed by atoms with Gasteiger partial charge >= 0.3 is 0 Å². The van der Waals surface area contributed by atoms with Gasteiger partial charge in [-0.1, -0.05) is 42.5 Å². The fourth-order valence-electron chi connectivity index (χ4n) is 7.10. The van der Waals surface area contributed by atoms with E-state index in [1.165, 1.54) is 36.0 Å². The first-order chi connectivity index (χ1) is 18.3. The number of hydrogen-bond donors (Lipinski definition) is 0. The zero-order chi connectivity index (χ0) is 24.4. The van der Waals surface area contributed by atoms with Crippen molar-refractivity contribution >= 4 is 5.71 Å². The first kappa shape index (κ1) is 21.6. The van der Waals surface area contributed by atoms with Crippen molar-refractivity contribution in [2.24, 2.45) is 5.10 Å². The van der Waals surface area contributed by atoms with E-state index in [9.17, 15) is 0 Å². The molecule has 2 atom stereocenters. The lowest BCUT2D eigenvalue weighted by Gasteiger charge is -2.52. The molecule has 6 heteroatoms. The summed E-state index contributed by atoms with van der Waals surface area (Å²) in [6, 6.07) is 24.5. The van der Waals surface area contributed by atoms with Crippen LogP contribution in [-0.4, -0.2) is 41.2 Å². The molecule has 188 valence electrons. The van der Waals surface area contributed by atoms with Crippen molar-refractivity contribution in [3.8, 4) is 17.2 Å². The number of hydrogen-bond acceptors (Lipinski definition) is 6. The Balaban J connectivity index is 1.11. The van der Waals surface area contributed by atoms with Crippen molar-refractivity contribution in [3.05, 3.63) is 89.0 Å². The van der Waals surface area contributed by atoms with Gasteiger partial charge in [-0.3, -0.25) is 4.90 Å². The number of ether oxygens (including phenoxy) is 3. The summed E-state index contributed by atoms with van der Waals surface area (Å²) in [4.78, 5) is 2.70. The molecule has 0 bridgehead atoms. The monoisotopic (exact) mass is 493 g/mol. The Kier molecular flexibility index (Phi) is 4.81. The summed E-state index contributed by atoms with van der Waals surface area (Å²) in [7, 11) is 0. The van der Waals surface area contributed by atoms with Crippen LogP contribution in [0.2, 0.25) is 0 Å². The SMILES string of the molecule is c1ccc2c(c1)CCC[C@@H]2N1CCC2(CC1)Oc1ccccc1[C@H]1CC(c3ccc4c(c3)OCO4)=NN12. The van der Waals surface area contributed by atoms with E-state index >= 15 is 0 Å². The lowest BCUT2D eigenvalue weighted by molar-refractivity contribution is -0.153. The van der Waals surface area contributed by atoms with Gasteiger partial charge in [0.1, 0.15) is 5.75 Å². The molecule has 6 nitrogen and oxygen atoms in total. The Morgan fingerprint density at radius 1 is 0.811 bits per heavy atom. The van der Waals surface area contributed by atoms with Crippen LogP contribution in [0.5, 0.6) is 17.2 Å². The van der Waals surface area contributed by atoms with Gasteiger partial charge in [-0.05, 0) is 54.7 Å². The Bertz CT molecular complexity index is 1390. The van der Waals surface area contributed by atoms with Gasteiger partial charge in [0.25, 0.3) is 0 Å². The average Bonchev–Trinajstić information content (AvgIpc) is 3.61. The van der Waals surface area contributed by atoms with Gasteiger partial charge in [0.05, 0.1) is 11.8 Å². The zero-order valence-electron chi connectivity index (χ0n) is 20.9. The number of likely N-dealkylation sites (tertiary alicyclic amines) is 1. The van der Waals surface area contributed by atoms with Crippen molar-refractivity contribution in [1.82, 2.24) is 9.91 Å². The van der Waals surface area contributed by atoms with Crippen LogP contribution >= 0.6 is 0 Å². The first-order valence-corrected chi connectivity index (χ1v) is 13.6. The lowest BCUT2D eigenvalue weighted by atomic mass is 9.84. The predicted octanol–water partition coefficient (Wildman–Crippen LogP) is 5.83. The minimum atomic E-state index is -0.415. The smallest absolute Gasteiger partial charge is 0.231 e. The third kappa shape index (κ3) is 3.38. The second kappa shape index (κ2) is 8.25. The van der Waals surface area contributed by atoms with Crippen molar-refractivity contribution in [3.63, 3.8) is 0 Å². The number of benzene rings is 3. The molecule has 1 aliphatic carbocycles. The van der Waals surface area contributed by atoms with Crippen molar-refractivity contribution in [2.75, 3.05) is 19.9 Å². The van der Waals surface area contributed by atoms with E-state index in [2.05, 4.69) is 70.6 Å². The number of nitrogens with zero attached hydrogens (tertiary/aromatic N) is 3. The summed E-state index contributed by atoms with van der Waals surface area (Å²) in [5, 5.41) is 7.57. The summed E-state index contributed by atoms with van der Waals surface area (Å²) in [6.45, 7) is 2.31. The molecule has 0 radical (unpaired) electrons. The maximum absolute atomic E-state index is 6.89. The van der Waals surface area contributed by atoms with Crippen LogP contribution in [0.15, 0.2) is 71.8 Å². The van der Waals surface area contributed by atoms with Crippen LogP contribution in [0, 0.1) is 0 Å². The Hall–Kier alpha value is -3.51. The number of fused-ring (bicyclic) bond motifs is 6. The van der Waals surface area contributed by atoms with Gasteiger partial charge in [0.2, 0.25) is 12.5 Å². The molecule has 1 saturated heterocycles. The van der Waals surface area contributed by atoms with E-state index < -0.39 is 5.72 Å². The minimum absolute atomic E-state index is 0.187. The summed E-state index contributed by atoms with van der Waals surface area (Å²) < 4.78 is 18.1. The molecular formula is C31H31N3O3. The van der Waals surface area contributed by atoms with Gasteiger partial charge in [0, 0.05) is 49.5 Å². The molecule has 37 heavy (non-hydrogen) atoms. The number of rotatable bonds is 2. The van der Waals surface area contributed by atoms with E-state index in [4.69, 9.17) is 19.3 Å². The highest BCUT2D eigenvalue weighted by Crippen LogP contribution is 2.51. The van der Waals surface area contributed by atoms with Crippen LogP contribution < -0.4 is 14.2 Å². The van der Waals surface area contributed by atoms with Gasteiger partial charge in [-0.2, -0.15) is 5.10 Å². The normalized spacial score (nSPS) is 25.2. The lowest BCUT2D eigenvalue weighted by Crippen LogP contribution is -2.59. The van der Waals surface area contributed by atoms with Crippen molar-refractivity contribution in [2.45, 2.75) is 56.3 Å². The average molecular weight is 494 g/mol. The molecule has 0 N–H and O–H groups in total. The van der Waals surface area contributed by atoms with Crippen molar-refractivity contribution < 1.29 is 14.2 Å². The molecule has 1 spiro atoms. The Morgan fingerprint density at radius 2 is 1.62 bits per heavy atom. The Morgan fingerprint density at radius 3 is 2.54 bits per heavy atom. The summed E-state index contributed by atoms with van der Waals surface area (Å²) >= 11 is 0. The molecule has 5 aliphatic rings. The van der Waals surface area contributed by atoms with E-state index in [1.54, 1.807) is 0 Å². The summed E-state index contributed by atoms with van der Waals surface area (Å²) in [5.41, 5.74) is 6.06. The second-order valence-electron chi connectivity index (χ2n) is 10.9. The number of piperidine rings is 1. The van der Waals surface area contributed by atoms with Crippen LogP contribution in [0.25, 0.3) is 0 Å². The molecule has 0 unspecified atom stereocenters. The van der Waals surface area contributed by atoms with Crippen molar-refractivity contribution in [1.29, 1.82) is 0 Å². The zero-order valence-corrected chi connectivity index (χ0v) is 20.9. The highest BCUT2D eigenvalue weighted by Gasteiger charge is 2.52. The molecular weight excluding hydrogens is 462 g/mol. The third-order valence-corrected chi connectivity index (χ3v) is 8.97. The van der Waals surface area contributed by atoms with Crippen LogP contribution in [0.4, 0.5) is 0 Å². The quantitative estimate of drug-likeness (QED) is 0.450. The standard InChI is InChI=1S/C31H31N3O3/c1-2-8-23-21(6-1)7-5-10-26(23)33-16-14-31(15-17-33)34-27(24-9-3-4-11-28(24)37-31)19-25(32-34)22-12-13-29-30(18-22)36-20-35-29/h1-4,6,8-9,11-13,18,26-27H,5,7,10,14-17,19-20H2/t26-,27+/m0/s1. The largest absolute Gasteiger partial charge is 0.466 e. The maximum atomic E-state index is 6.89. The van der Waals surface area contributed by atoms with E-state index in [-0.39, 0.29) is 12.8 Å². The molecule has 4 heterocycles. The van der Waals surface area contributed by atoms with Crippen LogP contribution in [-0.2, 0) is 6.42 Å². The van der Waals surface area contributed by atoms with Gasteiger partial charge in [0.15, 0.2) is 11.5 Å². The molecule has 0 saturated carbocycles. The fourth-order valence-corrected chi connectivity index (χ4v) is 7.10. The number of hydrazone groups is 1. The number of aryl methyl sites for hydroxylation is 1. The highest BCUT2D eigenvalue weighted by molar-refractivity contribution is 6.02. The second-order valence-corrected chi connectivity index (χ2v) is 10.9. The fraction of sp³-hybridized carbons (Fsp3) is 0.387. The van der Waals surface area contributed by atoms with E-state index in [0.29, 0.717) is 6.04 Å². The van der Waals surface area contributed by atoms with E-state index in [0.717, 1.165) is 60.9 Å². The Labute approximate surface area is 217 Å². The van der Waals surface area contributed by atoms with Crippen LogP contribution in [0.3, 0.4) is 0 Å². The number of para-hydroxylation sites is 1. The minimum Gasteiger partial charge on any atom is -0.466 e. The topological polar surface area (TPSA) is 46.5 Å². The van der Waals surface area contributed by atoms with E-state index in [1.807, 2.05) is 6.07 Å². The van der Waals surface area contributed by atoms with Crippen LogP contribution in [0.1, 0.15) is 66.4 Å². The summed E-state index contributed by atoms with van der Waals surface area (Å²) in [6.07, 6.45) is 6.46. The molecule has 8 rings (SSSR count). The molecule has 3 aromatic rings. The van der Waals surface area contributed by atoms with Gasteiger partial charge < -0.3 is 14.2 Å². The molecule has 3 aromatic carbocycles. The van der Waals surface area contributed by atoms with Gasteiger partial charge in [-0.25, -0.2) is 5.01 Å². The summed E-state index contributed by atoms with van der Waals surface area (Å²) in [5.74, 6) is 2.63. The van der Waals surface area contributed by atoms with Gasteiger partial charge in [-0.15, -0.1) is 0 Å². The predicted molar refractivity (Wildman–Crippen MR) is 141 cm³/mol. The highest BCUT2D eigenvalue weighted by atomic mass is 16.7. The molecule has 1 fully saturated rings. The molecule has 4 aliphatic heterocycles.